The van der Waals surface area contributed by atoms with Crippen molar-refractivity contribution in [1.82, 2.24) is 4.98 Å². The molecule has 0 atom stereocenters. The van der Waals surface area contributed by atoms with Crippen LogP contribution in [-0.2, 0) is 11.4 Å². The Balaban J connectivity index is 2.15. The Hall–Kier alpha value is -2.62. The van der Waals surface area contributed by atoms with Gasteiger partial charge in [0.25, 0.3) is 0 Å². The molecule has 0 bridgehead atoms. The third-order valence-electron chi connectivity index (χ3n) is 3.01. The van der Waals surface area contributed by atoms with Crippen LogP contribution in [0.15, 0.2) is 42.7 Å². The summed E-state index contributed by atoms with van der Waals surface area (Å²) in [4.78, 5) is 14.6. The van der Waals surface area contributed by atoms with E-state index in [9.17, 15) is 4.79 Å². The van der Waals surface area contributed by atoms with E-state index in [0.717, 1.165) is 34.1 Å². The number of aliphatic carboxylic acids is 1. The maximum atomic E-state index is 10.6. The molecule has 0 spiro atoms. The van der Waals surface area contributed by atoms with Crippen molar-refractivity contribution in [3.8, 4) is 5.75 Å². The lowest BCUT2D eigenvalue weighted by molar-refractivity contribution is -0.131. The van der Waals surface area contributed by atoms with Crippen LogP contribution in [0.1, 0.15) is 22.3 Å². The minimum absolute atomic E-state index is 0.458. The molecule has 1 aromatic carbocycles. The first-order valence-electron chi connectivity index (χ1n) is 6.60. The highest BCUT2D eigenvalue weighted by Crippen LogP contribution is 2.26. The van der Waals surface area contributed by atoms with Crippen molar-refractivity contribution in [3.05, 3.63) is 65.0 Å². The van der Waals surface area contributed by atoms with Crippen molar-refractivity contribution in [2.75, 3.05) is 0 Å². The fourth-order valence-corrected chi connectivity index (χ4v) is 2.11. The van der Waals surface area contributed by atoms with Crippen molar-refractivity contribution in [2.24, 2.45) is 0 Å². The lowest BCUT2D eigenvalue weighted by Gasteiger charge is -2.13. The molecular formula is C17H17NO3. The number of ether oxygens (including phenoxy) is 1. The molecule has 0 saturated heterocycles. The molecule has 4 nitrogen and oxygen atoms in total. The third kappa shape index (κ3) is 4.18. The molecule has 0 aliphatic carbocycles. The SMILES string of the molecule is Cc1cc(C=CC(=O)O)cc(C)c1OCc1cccnc1. The average Bonchev–Trinajstić information content (AvgIpc) is 2.45. The second-order valence-electron chi connectivity index (χ2n) is 4.81. The summed E-state index contributed by atoms with van der Waals surface area (Å²) in [6, 6.07) is 7.65. The molecule has 1 aromatic heterocycles. The van der Waals surface area contributed by atoms with Crippen LogP contribution >= 0.6 is 0 Å². The van der Waals surface area contributed by atoms with Crippen LogP contribution in [0.4, 0.5) is 0 Å². The molecule has 0 radical (unpaired) electrons. The topological polar surface area (TPSA) is 59.4 Å². The van der Waals surface area contributed by atoms with Crippen LogP contribution in [0.3, 0.4) is 0 Å². The zero-order valence-electron chi connectivity index (χ0n) is 12.0. The lowest BCUT2D eigenvalue weighted by Crippen LogP contribution is -1.99. The molecule has 0 fully saturated rings. The number of nitrogens with zero attached hydrogens (tertiary/aromatic N) is 1. The van der Waals surface area contributed by atoms with E-state index in [1.54, 1.807) is 18.5 Å². The van der Waals surface area contributed by atoms with E-state index in [4.69, 9.17) is 9.84 Å². The summed E-state index contributed by atoms with van der Waals surface area (Å²) >= 11 is 0. The average molecular weight is 283 g/mol. The van der Waals surface area contributed by atoms with Crippen LogP contribution in [0.25, 0.3) is 6.08 Å². The predicted molar refractivity (Wildman–Crippen MR) is 81.2 cm³/mol. The highest BCUT2D eigenvalue weighted by molar-refractivity contribution is 5.85. The van der Waals surface area contributed by atoms with E-state index in [2.05, 4.69) is 4.98 Å². The Labute approximate surface area is 123 Å². The van der Waals surface area contributed by atoms with Gasteiger partial charge in [0, 0.05) is 24.0 Å². The monoisotopic (exact) mass is 283 g/mol. The van der Waals surface area contributed by atoms with Crippen LogP contribution < -0.4 is 4.74 Å². The van der Waals surface area contributed by atoms with E-state index in [1.165, 1.54) is 0 Å². The first kappa shape index (κ1) is 14.8. The fourth-order valence-electron chi connectivity index (χ4n) is 2.11. The third-order valence-corrected chi connectivity index (χ3v) is 3.01. The van der Waals surface area contributed by atoms with E-state index < -0.39 is 5.97 Å². The zero-order chi connectivity index (χ0) is 15.2. The number of carboxylic acid groups (broad SMARTS) is 1. The number of rotatable bonds is 5. The van der Waals surface area contributed by atoms with E-state index >= 15 is 0 Å². The maximum absolute atomic E-state index is 10.6. The normalized spacial score (nSPS) is 10.8. The molecule has 0 aliphatic heterocycles. The largest absolute Gasteiger partial charge is 0.488 e. The Bertz CT molecular complexity index is 640. The van der Waals surface area contributed by atoms with Gasteiger partial charge in [-0.05, 0) is 54.8 Å². The van der Waals surface area contributed by atoms with Gasteiger partial charge in [-0.1, -0.05) is 6.07 Å². The minimum Gasteiger partial charge on any atom is -0.488 e. The Kier molecular flexibility index (Phi) is 4.72. The van der Waals surface area contributed by atoms with Crippen LogP contribution in [0.5, 0.6) is 5.75 Å². The summed E-state index contributed by atoms with van der Waals surface area (Å²) in [5.41, 5.74) is 3.81. The highest BCUT2D eigenvalue weighted by Gasteiger charge is 2.06. The van der Waals surface area contributed by atoms with Gasteiger partial charge < -0.3 is 9.84 Å². The first-order chi connectivity index (χ1) is 10.1. The second-order valence-corrected chi connectivity index (χ2v) is 4.81. The second kappa shape index (κ2) is 6.70. The number of carbonyl (C=O) groups is 1. The molecule has 1 N–H and O–H groups in total. The number of hydrogen-bond acceptors (Lipinski definition) is 3. The van der Waals surface area contributed by atoms with Gasteiger partial charge in [0.1, 0.15) is 12.4 Å². The summed E-state index contributed by atoms with van der Waals surface area (Å²) in [6.07, 6.45) is 6.20. The van der Waals surface area contributed by atoms with Crippen LogP contribution in [0.2, 0.25) is 0 Å². The number of benzene rings is 1. The van der Waals surface area contributed by atoms with E-state index in [0.29, 0.717) is 6.61 Å². The van der Waals surface area contributed by atoms with Crippen molar-refractivity contribution in [1.29, 1.82) is 0 Å². The van der Waals surface area contributed by atoms with Gasteiger partial charge in [0.15, 0.2) is 0 Å². The van der Waals surface area contributed by atoms with Crippen molar-refractivity contribution in [2.45, 2.75) is 20.5 Å². The quantitative estimate of drug-likeness (QED) is 0.855. The molecule has 0 unspecified atom stereocenters. The van der Waals surface area contributed by atoms with Crippen LogP contribution in [0, 0.1) is 13.8 Å². The Morgan fingerprint density at radius 3 is 2.62 bits per heavy atom. The smallest absolute Gasteiger partial charge is 0.328 e. The summed E-state index contributed by atoms with van der Waals surface area (Å²) in [5, 5.41) is 8.66. The maximum Gasteiger partial charge on any atom is 0.328 e. The van der Waals surface area contributed by atoms with Crippen molar-refractivity contribution < 1.29 is 14.6 Å². The number of pyridine rings is 1. The Morgan fingerprint density at radius 1 is 1.33 bits per heavy atom. The van der Waals surface area contributed by atoms with Crippen molar-refractivity contribution in [3.63, 3.8) is 0 Å². The number of aryl methyl sites for hydroxylation is 2. The number of carboxylic acids is 1. The molecule has 108 valence electrons. The number of hydrogen-bond donors (Lipinski definition) is 1. The Morgan fingerprint density at radius 2 is 2.05 bits per heavy atom. The molecule has 0 aliphatic rings. The summed E-state index contributed by atoms with van der Waals surface area (Å²) in [5.74, 6) is -0.131. The van der Waals surface area contributed by atoms with Gasteiger partial charge in [0.2, 0.25) is 0 Å². The highest BCUT2D eigenvalue weighted by atomic mass is 16.5. The van der Waals surface area contributed by atoms with Gasteiger partial charge in [-0.3, -0.25) is 4.98 Å². The minimum atomic E-state index is -0.956. The molecular weight excluding hydrogens is 266 g/mol. The van der Waals surface area contributed by atoms with Crippen LogP contribution in [-0.4, -0.2) is 16.1 Å². The first-order valence-corrected chi connectivity index (χ1v) is 6.60. The lowest BCUT2D eigenvalue weighted by atomic mass is 10.1. The standard InChI is InChI=1S/C17H17NO3/c1-12-8-14(5-6-16(19)20)9-13(2)17(12)21-11-15-4-3-7-18-10-15/h3-10H,11H2,1-2H3,(H,19,20). The molecule has 0 saturated carbocycles. The zero-order valence-corrected chi connectivity index (χ0v) is 12.0. The van der Waals surface area contributed by atoms with Crippen molar-refractivity contribution >= 4 is 12.0 Å². The molecule has 21 heavy (non-hydrogen) atoms. The van der Waals surface area contributed by atoms with E-state index in [-0.39, 0.29) is 0 Å². The van der Waals surface area contributed by atoms with Gasteiger partial charge in [0.05, 0.1) is 0 Å². The molecule has 1 heterocycles. The van der Waals surface area contributed by atoms with Gasteiger partial charge in [-0.2, -0.15) is 0 Å². The molecule has 0 amide bonds. The fraction of sp³-hybridized carbons (Fsp3) is 0.176. The molecule has 2 rings (SSSR count). The molecule has 2 aromatic rings. The molecule has 4 heteroatoms. The predicted octanol–water partition coefficient (Wildman–Crippen LogP) is 3.38. The van der Waals surface area contributed by atoms with Gasteiger partial charge in [-0.15, -0.1) is 0 Å². The summed E-state index contributed by atoms with van der Waals surface area (Å²) in [7, 11) is 0. The van der Waals surface area contributed by atoms with E-state index in [1.807, 2.05) is 38.1 Å². The van der Waals surface area contributed by atoms with Gasteiger partial charge >= 0.3 is 5.97 Å². The summed E-state index contributed by atoms with van der Waals surface area (Å²) in [6.45, 7) is 4.35. The number of aromatic nitrogens is 1. The van der Waals surface area contributed by atoms with Gasteiger partial charge in [-0.25, -0.2) is 4.79 Å². The summed E-state index contributed by atoms with van der Waals surface area (Å²) < 4.78 is 5.85.